The number of carbonyl (C=O) groups is 1. The topological polar surface area (TPSA) is 53.6 Å². The van der Waals surface area contributed by atoms with Crippen LogP contribution in [0.25, 0.3) is 10.4 Å². The molecule has 1 saturated carbocycles. The molecule has 34 heavy (non-hydrogen) atoms. The first-order valence-electron chi connectivity index (χ1n) is 12.7. The molecule has 3 aliphatic rings. The van der Waals surface area contributed by atoms with E-state index in [1.54, 1.807) is 4.90 Å². The van der Waals surface area contributed by atoms with Crippen molar-refractivity contribution in [2.45, 2.75) is 56.7 Å². The quantitative estimate of drug-likeness (QED) is 0.572. The molecule has 1 aliphatic carbocycles. The van der Waals surface area contributed by atoms with Gasteiger partial charge in [-0.05, 0) is 62.9 Å². The fourth-order valence-corrected chi connectivity index (χ4v) is 6.26. The number of carbonyl (C=O) groups excluding carboxylic acids is 1. The molecule has 1 amide bonds. The van der Waals surface area contributed by atoms with Crippen LogP contribution in [0, 0.1) is 12.8 Å². The molecule has 2 saturated heterocycles. The third-order valence-corrected chi connectivity index (χ3v) is 8.89. The van der Waals surface area contributed by atoms with Gasteiger partial charge in [0, 0.05) is 54.2 Å². The molecule has 5 nitrogen and oxygen atoms in total. The molecular formula is C27H36FN3O2S. The Kier molecular flexibility index (Phi) is 7.23. The zero-order valence-corrected chi connectivity index (χ0v) is 20.8. The number of likely N-dealkylation sites (tertiary alicyclic amines) is 1. The lowest BCUT2D eigenvalue weighted by Crippen LogP contribution is -2.49. The van der Waals surface area contributed by atoms with Gasteiger partial charge in [-0.1, -0.05) is 29.8 Å². The highest BCUT2D eigenvalue weighted by Crippen LogP contribution is 2.46. The van der Waals surface area contributed by atoms with Gasteiger partial charge >= 0.3 is 6.09 Å². The van der Waals surface area contributed by atoms with E-state index in [0.717, 1.165) is 32.4 Å². The van der Waals surface area contributed by atoms with E-state index in [0.29, 0.717) is 57.0 Å². The fourth-order valence-electron chi connectivity index (χ4n) is 5.07. The monoisotopic (exact) mass is 485 g/mol. The van der Waals surface area contributed by atoms with Crippen molar-refractivity contribution in [3.05, 3.63) is 46.8 Å². The zero-order valence-electron chi connectivity index (χ0n) is 20.0. The van der Waals surface area contributed by atoms with E-state index >= 15 is 4.39 Å². The molecule has 0 radical (unpaired) electrons. The first kappa shape index (κ1) is 23.8. The Morgan fingerprint density at radius 1 is 1.18 bits per heavy atom. The number of amides is 1. The first-order chi connectivity index (χ1) is 16.5. The molecule has 2 atom stereocenters. The Bertz CT molecular complexity index is 965. The van der Waals surface area contributed by atoms with Crippen molar-refractivity contribution in [3.8, 4) is 10.4 Å². The summed E-state index contributed by atoms with van der Waals surface area (Å²) in [7, 11) is 0. The average Bonchev–Trinajstić information content (AvgIpc) is 3.48. The number of benzene rings is 1. The van der Waals surface area contributed by atoms with Crippen LogP contribution >= 0.6 is 11.3 Å². The van der Waals surface area contributed by atoms with E-state index in [1.165, 1.54) is 20.9 Å². The van der Waals surface area contributed by atoms with Gasteiger partial charge in [0.05, 0.1) is 6.61 Å². The van der Waals surface area contributed by atoms with Gasteiger partial charge in [0.2, 0.25) is 0 Å². The second-order valence-electron chi connectivity index (χ2n) is 10.3. The molecule has 2 aromatic rings. The Hall–Kier alpha value is -1.96. The highest BCUT2D eigenvalue weighted by molar-refractivity contribution is 7.15. The average molecular weight is 486 g/mol. The summed E-state index contributed by atoms with van der Waals surface area (Å²) < 4.78 is 20.9. The number of alkyl halides is 1. The third kappa shape index (κ3) is 5.81. The Morgan fingerprint density at radius 2 is 1.91 bits per heavy atom. The summed E-state index contributed by atoms with van der Waals surface area (Å²) in [4.78, 5) is 16.8. The van der Waals surface area contributed by atoms with Crippen LogP contribution < -0.4 is 10.6 Å². The summed E-state index contributed by atoms with van der Waals surface area (Å²) in [5, 5.41) is 6.80. The molecule has 3 heterocycles. The van der Waals surface area contributed by atoms with Crippen molar-refractivity contribution in [3.63, 3.8) is 0 Å². The summed E-state index contributed by atoms with van der Waals surface area (Å²) >= 11 is 1.85. The Balaban J connectivity index is 1.04. The van der Waals surface area contributed by atoms with Gasteiger partial charge in [0.25, 0.3) is 0 Å². The number of piperidine rings is 2. The number of aryl methyl sites for hydroxylation is 1. The molecule has 0 bridgehead atoms. The number of rotatable bonds is 7. The number of nitrogens with zero attached hydrogens (tertiary/aromatic N) is 1. The van der Waals surface area contributed by atoms with Crippen molar-refractivity contribution >= 4 is 17.4 Å². The molecule has 0 spiro atoms. The van der Waals surface area contributed by atoms with Crippen molar-refractivity contribution in [2.24, 2.45) is 5.92 Å². The number of nitrogens with one attached hydrogen (secondary N) is 2. The number of thiophene rings is 1. The van der Waals surface area contributed by atoms with Gasteiger partial charge < -0.3 is 20.3 Å². The second kappa shape index (κ2) is 10.3. The van der Waals surface area contributed by atoms with Crippen LogP contribution in [0.1, 0.15) is 48.5 Å². The fraction of sp³-hybridized carbons (Fsp3) is 0.593. The molecule has 184 valence electrons. The number of hydrogen-bond acceptors (Lipinski definition) is 5. The number of hydrogen-bond donors (Lipinski definition) is 2. The lowest BCUT2D eigenvalue weighted by molar-refractivity contribution is 0.0362. The summed E-state index contributed by atoms with van der Waals surface area (Å²) in [5.41, 5.74) is 1.28. The van der Waals surface area contributed by atoms with Gasteiger partial charge in [-0.15, -0.1) is 11.3 Å². The summed E-state index contributed by atoms with van der Waals surface area (Å²) in [6.45, 7) is 5.80. The van der Waals surface area contributed by atoms with Crippen LogP contribution in [0.3, 0.4) is 0 Å². The van der Waals surface area contributed by atoms with E-state index < -0.39 is 5.67 Å². The minimum absolute atomic E-state index is 0.280. The highest BCUT2D eigenvalue weighted by atomic mass is 32.1. The zero-order chi connectivity index (χ0) is 23.5. The van der Waals surface area contributed by atoms with Crippen molar-refractivity contribution in [1.82, 2.24) is 15.5 Å². The minimum Gasteiger partial charge on any atom is -0.449 e. The maximum absolute atomic E-state index is 15.4. The van der Waals surface area contributed by atoms with E-state index in [9.17, 15) is 4.79 Å². The molecule has 3 fully saturated rings. The van der Waals surface area contributed by atoms with Crippen LogP contribution in [0.5, 0.6) is 0 Å². The molecule has 2 unspecified atom stereocenters. The molecule has 1 aromatic heterocycles. The lowest BCUT2D eigenvalue weighted by atomic mass is 9.93. The largest absolute Gasteiger partial charge is 0.449 e. The first-order valence-corrected chi connectivity index (χ1v) is 13.5. The minimum atomic E-state index is -1.25. The number of halogens is 1. The SMILES string of the molecule is Cc1ccc(-c2ccc(C3CC3NCC3(F)CCN(C(=O)OCC4CCNCC4)CC3)s2)cc1. The maximum Gasteiger partial charge on any atom is 0.409 e. The molecule has 5 rings (SSSR count). The predicted octanol–water partition coefficient (Wildman–Crippen LogP) is 5.11. The Labute approximate surface area is 206 Å². The molecule has 2 N–H and O–H groups in total. The van der Waals surface area contributed by atoms with Gasteiger partial charge in [-0.2, -0.15) is 0 Å². The van der Waals surface area contributed by atoms with Crippen molar-refractivity contribution in [2.75, 3.05) is 39.3 Å². The van der Waals surface area contributed by atoms with Crippen LogP contribution in [-0.2, 0) is 4.74 Å². The maximum atomic E-state index is 15.4. The van der Waals surface area contributed by atoms with Crippen LogP contribution in [-0.4, -0.2) is 62.0 Å². The molecule has 1 aromatic carbocycles. The molecular weight excluding hydrogens is 449 g/mol. The predicted molar refractivity (Wildman–Crippen MR) is 135 cm³/mol. The van der Waals surface area contributed by atoms with E-state index in [4.69, 9.17) is 4.74 Å². The van der Waals surface area contributed by atoms with Gasteiger partial charge in [0.1, 0.15) is 5.67 Å². The highest BCUT2D eigenvalue weighted by Gasteiger charge is 2.43. The molecule has 7 heteroatoms. The normalized spacial score (nSPS) is 24.7. The van der Waals surface area contributed by atoms with Crippen LogP contribution in [0.2, 0.25) is 0 Å². The van der Waals surface area contributed by atoms with Crippen LogP contribution in [0.4, 0.5) is 9.18 Å². The van der Waals surface area contributed by atoms with Crippen molar-refractivity contribution < 1.29 is 13.9 Å². The van der Waals surface area contributed by atoms with Crippen LogP contribution in [0.15, 0.2) is 36.4 Å². The smallest absolute Gasteiger partial charge is 0.409 e. The lowest BCUT2D eigenvalue weighted by Gasteiger charge is -2.36. The van der Waals surface area contributed by atoms with E-state index in [1.807, 2.05) is 11.3 Å². The third-order valence-electron chi connectivity index (χ3n) is 7.62. The summed E-state index contributed by atoms with van der Waals surface area (Å²) in [5.74, 6) is 0.931. The summed E-state index contributed by atoms with van der Waals surface area (Å²) in [6.07, 6.45) is 3.63. The number of ether oxygens (including phenoxy) is 1. The second-order valence-corrected chi connectivity index (χ2v) is 11.4. The van der Waals surface area contributed by atoms with Gasteiger partial charge in [0.15, 0.2) is 0 Å². The van der Waals surface area contributed by atoms with Crippen molar-refractivity contribution in [1.29, 1.82) is 0 Å². The van der Waals surface area contributed by atoms with Gasteiger partial charge in [-0.3, -0.25) is 0 Å². The molecule has 2 aliphatic heterocycles. The van der Waals surface area contributed by atoms with E-state index in [-0.39, 0.29) is 6.09 Å². The Morgan fingerprint density at radius 3 is 2.65 bits per heavy atom. The standard InChI is InChI=1S/C27H36FN3O2S/c1-19-2-4-21(5-3-19)24-6-7-25(34-24)22-16-23(22)30-18-27(28)10-14-31(15-11-27)26(32)33-17-20-8-12-29-13-9-20/h2-7,20,22-23,29-30H,8-18H2,1H3. The van der Waals surface area contributed by atoms with Gasteiger partial charge in [-0.25, -0.2) is 9.18 Å². The summed E-state index contributed by atoms with van der Waals surface area (Å²) in [6, 6.07) is 13.4. The van der Waals surface area contributed by atoms with E-state index in [2.05, 4.69) is 54.0 Å².